The quantitative estimate of drug-likeness (QED) is 0.707. The summed E-state index contributed by atoms with van der Waals surface area (Å²) in [6.07, 6.45) is -0.633. The fourth-order valence-corrected chi connectivity index (χ4v) is 3.11. The molecule has 5 nitrogen and oxygen atoms in total. The minimum atomic E-state index is -0.633. The van der Waals surface area contributed by atoms with E-state index in [1.165, 1.54) is 22.5 Å². The molecule has 1 amide bonds. The number of hydrogen-bond acceptors (Lipinski definition) is 5. The van der Waals surface area contributed by atoms with Crippen molar-refractivity contribution in [2.45, 2.75) is 32.3 Å². The van der Waals surface area contributed by atoms with Crippen LogP contribution in [0.25, 0.3) is 0 Å². The Hall–Kier alpha value is -2.73. The molecule has 0 bridgehead atoms. The van der Waals surface area contributed by atoms with E-state index in [2.05, 4.69) is 41.5 Å². The van der Waals surface area contributed by atoms with E-state index in [4.69, 9.17) is 4.74 Å². The number of amides is 1. The highest BCUT2D eigenvalue weighted by Crippen LogP contribution is 2.32. The van der Waals surface area contributed by atoms with Gasteiger partial charge in [0, 0.05) is 5.41 Å². The summed E-state index contributed by atoms with van der Waals surface area (Å²) in [6, 6.07) is 18.2. The van der Waals surface area contributed by atoms with Crippen LogP contribution in [0.3, 0.4) is 0 Å². The van der Waals surface area contributed by atoms with E-state index >= 15 is 0 Å². The molecule has 1 heterocycles. The van der Waals surface area contributed by atoms with Crippen molar-refractivity contribution < 1.29 is 9.53 Å². The van der Waals surface area contributed by atoms with Gasteiger partial charge >= 0.3 is 0 Å². The van der Waals surface area contributed by atoms with Crippen LogP contribution in [-0.4, -0.2) is 22.2 Å². The molecule has 1 unspecified atom stereocenters. The number of rotatable bonds is 6. The van der Waals surface area contributed by atoms with Gasteiger partial charge in [0.1, 0.15) is 11.3 Å². The van der Waals surface area contributed by atoms with Gasteiger partial charge in [0.05, 0.1) is 0 Å². The van der Waals surface area contributed by atoms with Gasteiger partial charge in [0.2, 0.25) is 5.13 Å². The van der Waals surface area contributed by atoms with Crippen molar-refractivity contribution in [3.8, 4) is 5.75 Å². The molecule has 0 aliphatic carbocycles. The lowest BCUT2D eigenvalue weighted by molar-refractivity contribution is -0.122. The molecule has 6 heteroatoms. The number of nitrogens with zero attached hydrogens (tertiary/aromatic N) is 2. The van der Waals surface area contributed by atoms with Gasteiger partial charge in [0.15, 0.2) is 6.10 Å². The smallest absolute Gasteiger partial charge is 0.266 e. The highest BCUT2D eigenvalue weighted by molar-refractivity contribution is 7.13. The Labute approximate surface area is 157 Å². The van der Waals surface area contributed by atoms with E-state index in [0.29, 0.717) is 10.9 Å². The summed E-state index contributed by atoms with van der Waals surface area (Å²) >= 11 is 1.27. The molecular weight excluding hydrogens is 346 g/mol. The second-order valence-corrected chi connectivity index (χ2v) is 7.34. The second-order valence-electron chi connectivity index (χ2n) is 6.51. The molecule has 1 N–H and O–H groups in total. The topological polar surface area (TPSA) is 64.1 Å². The maximum atomic E-state index is 12.1. The number of ether oxygens (including phenoxy) is 1. The lowest BCUT2D eigenvalue weighted by Gasteiger charge is -2.26. The van der Waals surface area contributed by atoms with E-state index in [9.17, 15) is 4.79 Å². The molecule has 0 fully saturated rings. The highest BCUT2D eigenvalue weighted by Gasteiger charge is 2.23. The lowest BCUT2D eigenvalue weighted by atomic mass is 9.78. The van der Waals surface area contributed by atoms with Crippen LogP contribution < -0.4 is 10.1 Å². The number of hydrogen-bond donors (Lipinski definition) is 1. The molecule has 134 valence electrons. The Balaban J connectivity index is 1.67. The molecular formula is C20H21N3O2S. The Morgan fingerprint density at radius 1 is 1.08 bits per heavy atom. The van der Waals surface area contributed by atoms with Crippen molar-refractivity contribution in [3.05, 3.63) is 71.2 Å². The Morgan fingerprint density at radius 3 is 2.35 bits per heavy atom. The molecule has 1 atom stereocenters. The number of benzene rings is 2. The summed E-state index contributed by atoms with van der Waals surface area (Å²) in [5.74, 6) is 0.396. The molecule has 2 aromatic carbocycles. The normalized spacial score (nSPS) is 12.4. The number of nitrogens with one attached hydrogen (secondary N) is 1. The molecule has 0 saturated carbocycles. The molecule has 3 rings (SSSR count). The molecule has 0 aliphatic heterocycles. The third kappa shape index (κ3) is 4.08. The highest BCUT2D eigenvalue weighted by atomic mass is 32.1. The van der Waals surface area contributed by atoms with Gasteiger partial charge in [-0.1, -0.05) is 67.6 Å². The molecule has 0 spiro atoms. The summed E-state index contributed by atoms with van der Waals surface area (Å²) in [6.45, 7) is 6.09. The van der Waals surface area contributed by atoms with Crippen molar-refractivity contribution in [3.63, 3.8) is 0 Å². The fraction of sp³-hybridized carbons (Fsp3) is 0.250. The lowest BCUT2D eigenvalue weighted by Crippen LogP contribution is -2.30. The van der Waals surface area contributed by atoms with E-state index in [0.717, 1.165) is 0 Å². The predicted molar refractivity (Wildman–Crippen MR) is 104 cm³/mol. The van der Waals surface area contributed by atoms with Gasteiger partial charge in [-0.05, 0) is 30.2 Å². The number of anilines is 1. The molecule has 3 aromatic rings. The van der Waals surface area contributed by atoms with Gasteiger partial charge in [-0.15, -0.1) is 10.2 Å². The molecule has 1 aromatic heterocycles. The van der Waals surface area contributed by atoms with E-state index < -0.39 is 6.10 Å². The minimum Gasteiger partial charge on any atom is -0.481 e. The van der Waals surface area contributed by atoms with Gasteiger partial charge in [-0.2, -0.15) is 0 Å². The summed E-state index contributed by atoms with van der Waals surface area (Å²) < 4.78 is 5.74. The number of carbonyl (C=O) groups excluding carboxylic acids is 1. The summed E-state index contributed by atoms with van der Waals surface area (Å²) in [5, 5.41) is 10.6. The van der Waals surface area contributed by atoms with Gasteiger partial charge < -0.3 is 4.74 Å². The third-order valence-corrected chi connectivity index (χ3v) is 4.95. The number of aromatic nitrogens is 2. The molecule has 26 heavy (non-hydrogen) atoms. The zero-order valence-corrected chi connectivity index (χ0v) is 15.8. The summed E-state index contributed by atoms with van der Waals surface area (Å²) in [4.78, 5) is 12.1. The van der Waals surface area contributed by atoms with Crippen molar-refractivity contribution in [1.29, 1.82) is 0 Å². The monoisotopic (exact) mass is 367 g/mol. The molecule has 0 aliphatic rings. The SMILES string of the molecule is CC(Oc1ccc(C(C)(C)c2ccccc2)cc1)C(=O)Nc1nncs1. The summed E-state index contributed by atoms with van der Waals surface area (Å²) in [5.41, 5.74) is 3.88. The van der Waals surface area contributed by atoms with Crippen LogP contribution in [0.2, 0.25) is 0 Å². The van der Waals surface area contributed by atoms with Gasteiger partial charge in [-0.3, -0.25) is 10.1 Å². The first-order valence-corrected chi connectivity index (χ1v) is 9.24. The second kappa shape index (κ2) is 7.66. The zero-order chi connectivity index (χ0) is 18.6. The fourth-order valence-electron chi connectivity index (χ4n) is 2.66. The first kappa shape index (κ1) is 18.1. The first-order valence-electron chi connectivity index (χ1n) is 8.36. The maximum Gasteiger partial charge on any atom is 0.266 e. The van der Waals surface area contributed by atoms with Crippen molar-refractivity contribution in [2.75, 3.05) is 5.32 Å². The van der Waals surface area contributed by atoms with Crippen molar-refractivity contribution >= 4 is 22.4 Å². The summed E-state index contributed by atoms with van der Waals surface area (Å²) in [7, 11) is 0. The average molecular weight is 367 g/mol. The average Bonchev–Trinajstić information content (AvgIpc) is 3.16. The first-order chi connectivity index (χ1) is 12.5. The van der Waals surface area contributed by atoms with Crippen molar-refractivity contribution in [1.82, 2.24) is 10.2 Å². The van der Waals surface area contributed by atoms with Crippen LogP contribution in [0.1, 0.15) is 31.9 Å². The Morgan fingerprint density at radius 2 is 1.73 bits per heavy atom. The predicted octanol–water partition coefficient (Wildman–Crippen LogP) is 4.27. The van der Waals surface area contributed by atoms with E-state index in [1.54, 1.807) is 12.4 Å². The molecule has 0 radical (unpaired) electrons. The zero-order valence-electron chi connectivity index (χ0n) is 15.0. The van der Waals surface area contributed by atoms with Crippen LogP contribution in [0.5, 0.6) is 5.75 Å². The van der Waals surface area contributed by atoms with E-state index in [-0.39, 0.29) is 11.3 Å². The minimum absolute atomic E-state index is 0.110. The van der Waals surface area contributed by atoms with Crippen LogP contribution in [-0.2, 0) is 10.2 Å². The van der Waals surface area contributed by atoms with Crippen molar-refractivity contribution in [2.24, 2.45) is 0 Å². The number of carbonyl (C=O) groups is 1. The third-order valence-electron chi connectivity index (χ3n) is 4.34. The maximum absolute atomic E-state index is 12.1. The van der Waals surface area contributed by atoms with Crippen LogP contribution in [0.15, 0.2) is 60.1 Å². The van der Waals surface area contributed by atoms with Crippen LogP contribution in [0, 0.1) is 0 Å². The van der Waals surface area contributed by atoms with E-state index in [1.807, 2.05) is 42.5 Å². The largest absolute Gasteiger partial charge is 0.481 e. The van der Waals surface area contributed by atoms with Gasteiger partial charge in [0.25, 0.3) is 5.91 Å². The van der Waals surface area contributed by atoms with Gasteiger partial charge in [-0.25, -0.2) is 0 Å². The standard InChI is InChI=1S/C20H21N3O2S/c1-14(18(24)22-19-23-21-13-26-19)25-17-11-9-16(10-12-17)20(2,3)15-7-5-4-6-8-15/h4-14H,1-3H3,(H,22,23,24). The van der Waals surface area contributed by atoms with Crippen LogP contribution in [0.4, 0.5) is 5.13 Å². The van der Waals surface area contributed by atoms with Crippen LogP contribution >= 0.6 is 11.3 Å². The Bertz CT molecular complexity index is 847. The molecule has 0 saturated heterocycles. The Kier molecular flexibility index (Phi) is 5.32.